The largest absolute Gasteiger partial charge is 0.467 e. The summed E-state index contributed by atoms with van der Waals surface area (Å²) >= 11 is 0. The number of esters is 1. The molecule has 0 aliphatic rings. The van der Waals surface area contributed by atoms with Crippen LogP contribution in [-0.2, 0) is 20.9 Å². The highest BCUT2D eigenvalue weighted by atomic mass is 19.2. The number of hydrogen-bond donors (Lipinski definition) is 0. The molecular weight excluding hydrogens is 324 g/mol. The molecule has 2 rings (SSSR count). The van der Waals surface area contributed by atoms with Gasteiger partial charge in [-0.2, -0.15) is 4.39 Å². The maximum atomic E-state index is 13.8. The number of ether oxygens (including phenoxy) is 2. The fourth-order valence-corrected chi connectivity index (χ4v) is 2.10. The van der Waals surface area contributed by atoms with E-state index in [9.17, 15) is 23.7 Å². The minimum absolute atomic E-state index is 0.0727. The number of carbonyl (C=O) groups excluding carboxylic acids is 1. The highest BCUT2D eigenvalue weighted by Crippen LogP contribution is 2.32. The van der Waals surface area contributed by atoms with Crippen LogP contribution in [-0.4, -0.2) is 18.0 Å². The number of nitrogens with zero attached hydrogens (tertiary/aromatic N) is 1. The summed E-state index contributed by atoms with van der Waals surface area (Å²) in [5.74, 6) is -4.01. The lowest BCUT2D eigenvalue weighted by atomic mass is 10.1. The molecule has 126 valence electrons. The summed E-state index contributed by atoms with van der Waals surface area (Å²) in [5, 5.41) is 11.1. The monoisotopic (exact) mass is 337 g/mol. The van der Waals surface area contributed by atoms with Crippen LogP contribution in [0.25, 0.3) is 0 Å². The Morgan fingerprint density at radius 2 is 1.88 bits per heavy atom. The summed E-state index contributed by atoms with van der Waals surface area (Å²) < 4.78 is 37.0. The van der Waals surface area contributed by atoms with E-state index in [1.165, 1.54) is 0 Å². The third kappa shape index (κ3) is 3.72. The van der Waals surface area contributed by atoms with E-state index in [2.05, 4.69) is 4.74 Å². The van der Waals surface area contributed by atoms with Gasteiger partial charge in [-0.3, -0.25) is 10.1 Å². The van der Waals surface area contributed by atoms with E-state index >= 15 is 0 Å². The predicted molar refractivity (Wildman–Crippen MR) is 79.0 cm³/mol. The Balaban J connectivity index is 2.40. The van der Waals surface area contributed by atoms with Gasteiger partial charge < -0.3 is 9.47 Å². The van der Waals surface area contributed by atoms with E-state index in [1.807, 2.05) is 0 Å². The van der Waals surface area contributed by atoms with Crippen molar-refractivity contribution < 1.29 is 28.0 Å². The number of nitro benzene ring substituents is 1. The molecule has 0 saturated heterocycles. The maximum Gasteiger partial charge on any atom is 0.339 e. The van der Waals surface area contributed by atoms with Crippen LogP contribution >= 0.6 is 0 Å². The van der Waals surface area contributed by atoms with E-state index in [0.29, 0.717) is 11.6 Å². The lowest BCUT2D eigenvalue weighted by Crippen LogP contribution is -2.19. The highest BCUT2D eigenvalue weighted by Gasteiger charge is 2.34. The van der Waals surface area contributed by atoms with Crippen LogP contribution in [0.15, 0.2) is 42.5 Å². The van der Waals surface area contributed by atoms with Gasteiger partial charge in [-0.25, -0.2) is 9.18 Å². The van der Waals surface area contributed by atoms with Crippen LogP contribution in [0, 0.1) is 21.7 Å². The Labute approximate surface area is 135 Å². The molecule has 0 bridgehead atoms. The van der Waals surface area contributed by atoms with Crippen LogP contribution in [0.5, 0.6) is 0 Å². The van der Waals surface area contributed by atoms with Crippen molar-refractivity contribution in [3.05, 3.63) is 75.3 Å². The van der Waals surface area contributed by atoms with Gasteiger partial charge in [-0.1, -0.05) is 30.3 Å². The molecule has 0 heterocycles. The molecule has 0 radical (unpaired) electrons. The predicted octanol–water partition coefficient (Wildman–Crippen LogP) is 3.30. The Hall–Kier alpha value is -2.87. The zero-order valence-corrected chi connectivity index (χ0v) is 12.6. The Bertz CT molecular complexity index is 752. The number of carbonyl (C=O) groups is 1. The first-order chi connectivity index (χ1) is 11.5. The first kappa shape index (κ1) is 17.5. The fourth-order valence-electron chi connectivity index (χ4n) is 2.10. The van der Waals surface area contributed by atoms with Crippen molar-refractivity contribution >= 4 is 11.7 Å². The minimum Gasteiger partial charge on any atom is -0.467 e. The van der Waals surface area contributed by atoms with E-state index in [0.717, 1.165) is 13.2 Å². The molecule has 1 atom stereocenters. The van der Waals surface area contributed by atoms with E-state index in [1.54, 1.807) is 30.3 Å². The minimum atomic E-state index is -1.66. The molecule has 0 aliphatic carbocycles. The van der Waals surface area contributed by atoms with Gasteiger partial charge in [0, 0.05) is 0 Å². The molecule has 0 spiro atoms. The average Bonchev–Trinajstić information content (AvgIpc) is 2.58. The molecule has 24 heavy (non-hydrogen) atoms. The molecule has 1 unspecified atom stereocenters. The number of halogens is 2. The summed E-state index contributed by atoms with van der Waals surface area (Å²) in [7, 11) is 1.06. The number of methoxy groups -OCH3 is 1. The molecule has 8 heteroatoms. The lowest BCUT2D eigenvalue weighted by Gasteiger charge is -2.16. The van der Waals surface area contributed by atoms with Crippen LogP contribution in [0.2, 0.25) is 0 Å². The second kappa shape index (κ2) is 7.60. The van der Waals surface area contributed by atoms with Crippen molar-refractivity contribution in [2.75, 3.05) is 7.11 Å². The maximum absolute atomic E-state index is 13.8. The molecule has 0 aromatic heterocycles. The van der Waals surface area contributed by atoms with Crippen LogP contribution in [0.3, 0.4) is 0 Å². The first-order valence-corrected chi connectivity index (χ1v) is 6.81. The molecule has 0 aliphatic heterocycles. The third-order valence-electron chi connectivity index (χ3n) is 3.24. The Morgan fingerprint density at radius 3 is 2.46 bits per heavy atom. The van der Waals surface area contributed by atoms with Crippen LogP contribution in [0.1, 0.15) is 17.2 Å². The Morgan fingerprint density at radius 1 is 1.21 bits per heavy atom. The molecule has 2 aromatic carbocycles. The van der Waals surface area contributed by atoms with Gasteiger partial charge in [0.15, 0.2) is 11.9 Å². The SMILES string of the molecule is COC(=O)C(OCc1ccccc1)c1ccc(F)c(F)c1[N+](=O)[O-]. The summed E-state index contributed by atoms with van der Waals surface area (Å²) in [6.07, 6.45) is -1.56. The van der Waals surface area contributed by atoms with Crippen molar-refractivity contribution in [2.24, 2.45) is 0 Å². The second-order valence-corrected chi connectivity index (χ2v) is 4.76. The number of benzene rings is 2. The van der Waals surface area contributed by atoms with Gasteiger partial charge in [0.05, 0.1) is 24.2 Å². The van der Waals surface area contributed by atoms with Gasteiger partial charge in [0.1, 0.15) is 0 Å². The topological polar surface area (TPSA) is 78.7 Å². The molecule has 2 aromatic rings. The number of rotatable bonds is 6. The summed E-state index contributed by atoms with van der Waals surface area (Å²) in [5.41, 5.74) is -0.878. The number of hydrogen-bond acceptors (Lipinski definition) is 5. The molecule has 0 N–H and O–H groups in total. The van der Waals surface area contributed by atoms with Gasteiger partial charge in [0.25, 0.3) is 0 Å². The highest BCUT2D eigenvalue weighted by molar-refractivity contribution is 5.78. The molecule has 0 saturated carbocycles. The molecule has 0 amide bonds. The summed E-state index contributed by atoms with van der Waals surface area (Å²) in [6, 6.07) is 10.3. The zero-order chi connectivity index (χ0) is 17.7. The van der Waals surface area contributed by atoms with Gasteiger partial charge >= 0.3 is 11.7 Å². The standard InChI is InChI=1S/C16H13F2NO5/c1-23-16(20)15(24-9-10-5-3-2-4-6-10)11-7-8-12(17)13(18)14(11)19(21)22/h2-8,15H,9H2,1H3. The number of nitro groups is 1. The fraction of sp³-hybridized carbons (Fsp3) is 0.188. The zero-order valence-electron chi connectivity index (χ0n) is 12.6. The van der Waals surface area contributed by atoms with Gasteiger partial charge in [0.2, 0.25) is 5.82 Å². The first-order valence-electron chi connectivity index (χ1n) is 6.81. The second-order valence-electron chi connectivity index (χ2n) is 4.76. The quantitative estimate of drug-likeness (QED) is 0.459. The van der Waals surface area contributed by atoms with Crippen molar-refractivity contribution in [3.8, 4) is 0 Å². The molecule has 6 nitrogen and oxygen atoms in total. The van der Waals surface area contributed by atoms with Gasteiger partial charge in [-0.15, -0.1) is 0 Å². The lowest BCUT2D eigenvalue weighted by molar-refractivity contribution is -0.389. The molecular formula is C16H13F2NO5. The van der Waals surface area contributed by atoms with E-state index in [-0.39, 0.29) is 6.61 Å². The van der Waals surface area contributed by atoms with Crippen molar-refractivity contribution in [2.45, 2.75) is 12.7 Å². The third-order valence-corrected chi connectivity index (χ3v) is 3.24. The van der Waals surface area contributed by atoms with Crippen LogP contribution in [0.4, 0.5) is 14.5 Å². The normalized spacial score (nSPS) is 11.8. The van der Waals surface area contributed by atoms with Crippen molar-refractivity contribution in [1.82, 2.24) is 0 Å². The molecule has 0 fully saturated rings. The smallest absolute Gasteiger partial charge is 0.339 e. The van der Waals surface area contributed by atoms with Crippen LogP contribution < -0.4 is 0 Å². The average molecular weight is 337 g/mol. The van der Waals surface area contributed by atoms with E-state index in [4.69, 9.17) is 4.74 Å². The van der Waals surface area contributed by atoms with Crippen molar-refractivity contribution in [3.63, 3.8) is 0 Å². The van der Waals surface area contributed by atoms with E-state index < -0.39 is 39.9 Å². The Kier molecular flexibility index (Phi) is 5.54. The summed E-state index contributed by atoms with van der Waals surface area (Å²) in [6.45, 7) is -0.0727. The van der Waals surface area contributed by atoms with Gasteiger partial charge in [-0.05, 0) is 17.7 Å². The van der Waals surface area contributed by atoms with Crippen molar-refractivity contribution in [1.29, 1.82) is 0 Å². The summed E-state index contributed by atoms with van der Waals surface area (Å²) in [4.78, 5) is 21.9.